The van der Waals surface area contributed by atoms with E-state index in [1.807, 2.05) is 0 Å². The number of hydrogen-bond acceptors (Lipinski definition) is 4. The Labute approximate surface area is 121 Å². The lowest BCUT2D eigenvalue weighted by molar-refractivity contribution is -0.142. The summed E-state index contributed by atoms with van der Waals surface area (Å²) in [6.45, 7) is 0. The Bertz CT molecular complexity index is 595. The molecule has 1 aliphatic carbocycles. The molecule has 1 fully saturated rings. The molecule has 2 unspecified atom stereocenters. The number of aromatic hydroxyl groups is 1. The summed E-state index contributed by atoms with van der Waals surface area (Å²) >= 11 is 0. The molecule has 0 bridgehead atoms. The minimum absolute atomic E-state index is 0.0182. The number of carbonyl (C=O) groups excluding carboxylic acids is 1. The van der Waals surface area contributed by atoms with Crippen LogP contribution >= 0.6 is 0 Å². The zero-order valence-corrected chi connectivity index (χ0v) is 11.5. The number of aromatic nitrogens is 1. The first-order valence-electron chi connectivity index (χ1n) is 6.94. The van der Waals surface area contributed by atoms with Gasteiger partial charge in [-0.2, -0.15) is 0 Å². The molecular weight excluding hydrogens is 276 g/mol. The van der Waals surface area contributed by atoms with E-state index in [1.165, 1.54) is 0 Å². The maximum atomic E-state index is 12.1. The van der Waals surface area contributed by atoms with Crippen LogP contribution in [0.1, 0.15) is 42.5 Å². The fourth-order valence-electron chi connectivity index (χ4n) is 2.69. The van der Waals surface area contributed by atoms with Crippen molar-refractivity contribution in [3.63, 3.8) is 0 Å². The number of carbonyl (C=O) groups is 2. The summed E-state index contributed by atoms with van der Waals surface area (Å²) in [5, 5.41) is 21.2. The van der Waals surface area contributed by atoms with Crippen molar-refractivity contribution in [3.05, 3.63) is 28.0 Å². The van der Waals surface area contributed by atoms with E-state index in [9.17, 15) is 24.6 Å². The molecule has 1 saturated carbocycles. The molecule has 7 nitrogen and oxygen atoms in total. The normalized spacial score (nSPS) is 22.3. The van der Waals surface area contributed by atoms with Crippen LogP contribution in [0.25, 0.3) is 0 Å². The Morgan fingerprint density at radius 2 is 1.90 bits per heavy atom. The number of carboxylic acids is 1. The fourth-order valence-corrected chi connectivity index (χ4v) is 2.69. The first-order valence-corrected chi connectivity index (χ1v) is 6.94. The summed E-state index contributed by atoms with van der Waals surface area (Å²) in [5.74, 6) is -2.49. The van der Waals surface area contributed by atoms with Crippen LogP contribution < -0.4 is 10.9 Å². The molecule has 1 amide bonds. The Morgan fingerprint density at radius 3 is 2.57 bits per heavy atom. The molecule has 7 heteroatoms. The minimum Gasteiger partial charge on any atom is -0.494 e. The highest BCUT2D eigenvalue weighted by atomic mass is 16.4. The molecular formula is C14H18N2O5. The van der Waals surface area contributed by atoms with Crippen molar-refractivity contribution in [3.8, 4) is 5.88 Å². The van der Waals surface area contributed by atoms with Crippen LogP contribution in [0.5, 0.6) is 5.88 Å². The van der Waals surface area contributed by atoms with Gasteiger partial charge in [0.25, 0.3) is 11.5 Å². The maximum absolute atomic E-state index is 12.1. The van der Waals surface area contributed by atoms with E-state index in [4.69, 9.17) is 0 Å². The Morgan fingerprint density at radius 1 is 1.19 bits per heavy atom. The van der Waals surface area contributed by atoms with E-state index >= 15 is 0 Å². The second-order valence-corrected chi connectivity index (χ2v) is 5.28. The largest absolute Gasteiger partial charge is 0.494 e. The molecule has 1 heterocycles. The lowest BCUT2D eigenvalue weighted by atomic mass is 9.94. The van der Waals surface area contributed by atoms with Crippen molar-refractivity contribution in [1.29, 1.82) is 0 Å². The van der Waals surface area contributed by atoms with Gasteiger partial charge in [-0.25, -0.2) is 0 Å². The standard InChI is InChI=1S/C14H18N2O5/c17-11-6-8(7-12(18)16-11)13(19)15-10-5-3-1-2-4-9(10)14(20)21/h6-7,9-10H,1-5H2,(H,15,19)(H,20,21)(H2,16,17,18). The number of H-pyrrole nitrogens is 1. The highest BCUT2D eigenvalue weighted by Gasteiger charge is 2.30. The van der Waals surface area contributed by atoms with Crippen molar-refractivity contribution in [1.82, 2.24) is 10.3 Å². The molecule has 21 heavy (non-hydrogen) atoms. The first-order chi connectivity index (χ1) is 9.97. The summed E-state index contributed by atoms with van der Waals surface area (Å²) in [6, 6.07) is 1.75. The van der Waals surface area contributed by atoms with Gasteiger partial charge in [-0.15, -0.1) is 0 Å². The molecule has 114 valence electrons. The fraction of sp³-hybridized carbons (Fsp3) is 0.500. The maximum Gasteiger partial charge on any atom is 0.308 e. The van der Waals surface area contributed by atoms with Crippen LogP contribution in [0.3, 0.4) is 0 Å². The number of nitrogens with one attached hydrogen (secondary N) is 2. The van der Waals surface area contributed by atoms with Crippen LogP contribution in [0.4, 0.5) is 0 Å². The Balaban J connectivity index is 2.15. The number of hydrogen-bond donors (Lipinski definition) is 4. The average molecular weight is 294 g/mol. The Hall–Kier alpha value is -2.31. The van der Waals surface area contributed by atoms with E-state index < -0.39 is 35.3 Å². The number of rotatable bonds is 3. The predicted molar refractivity (Wildman–Crippen MR) is 74.2 cm³/mol. The smallest absolute Gasteiger partial charge is 0.308 e. The average Bonchev–Trinajstić information content (AvgIpc) is 2.63. The number of aromatic amines is 1. The predicted octanol–water partition coefficient (Wildman–Crippen LogP) is 0.844. The SMILES string of the molecule is O=C(NC1CCCCCC1C(=O)O)c1cc(O)[nH]c(=O)c1. The lowest BCUT2D eigenvalue weighted by Crippen LogP contribution is -2.43. The Kier molecular flexibility index (Phi) is 4.62. The monoisotopic (exact) mass is 294 g/mol. The molecule has 4 N–H and O–H groups in total. The molecule has 0 radical (unpaired) electrons. The molecule has 2 rings (SSSR count). The summed E-state index contributed by atoms with van der Waals surface area (Å²) in [4.78, 5) is 36.8. The zero-order valence-electron chi connectivity index (χ0n) is 11.5. The van der Waals surface area contributed by atoms with Crippen LogP contribution in [-0.4, -0.2) is 33.1 Å². The van der Waals surface area contributed by atoms with Gasteiger partial charge >= 0.3 is 5.97 Å². The number of amides is 1. The minimum atomic E-state index is -0.920. The third-order valence-electron chi connectivity index (χ3n) is 3.74. The van der Waals surface area contributed by atoms with E-state index in [0.717, 1.165) is 31.4 Å². The van der Waals surface area contributed by atoms with Crippen LogP contribution in [0.2, 0.25) is 0 Å². The zero-order chi connectivity index (χ0) is 15.4. The van der Waals surface area contributed by atoms with Gasteiger partial charge in [0.05, 0.1) is 11.5 Å². The van der Waals surface area contributed by atoms with E-state index in [2.05, 4.69) is 10.3 Å². The summed E-state index contributed by atoms with van der Waals surface area (Å²) in [6.07, 6.45) is 3.76. The van der Waals surface area contributed by atoms with Gasteiger partial charge < -0.3 is 15.5 Å². The second-order valence-electron chi connectivity index (χ2n) is 5.28. The summed E-state index contributed by atoms with van der Waals surface area (Å²) in [7, 11) is 0. The third kappa shape index (κ3) is 3.84. The van der Waals surface area contributed by atoms with Crippen molar-refractivity contribution in [2.24, 2.45) is 5.92 Å². The third-order valence-corrected chi connectivity index (χ3v) is 3.74. The topological polar surface area (TPSA) is 119 Å². The summed E-state index contributed by atoms with van der Waals surface area (Å²) < 4.78 is 0. The summed E-state index contributed by atoms with van der Waals surface area (Å²) in [5.41, 5.74) is -0.569. The molecule has 1 aromatic heterocycles. The van der Waals surface area contributed by atoms with Gasteiger partial charge in [0, 0.05) is 18.2 Å². The molecule has 0 spiro atoms. The number of aliphatic carboxylic acids is 1. The highest BCUT2D eigenvalue weighted by molar-refractivity contribution is 5.94. The van der Waals surface area contributed by atoms with Gasteiger partial charge in [0.1, 0.15) is 0 Å². The lowest BCUT2D eigenvalue weighted by Gasteiger charge is -2.22. The van der Waals surface area contributed by atoms with E-state index in [1.54, 1.807) is 0 Å². The van der Waals surface area contributed by atoms with Gasteiger partial charge in [-0.1, -0.05) is 19.3 Å². The number of carboxylic acid groups (broad SMARTS) is 1. The van der Waals surface area contributed by atoms with E-state index in [-0.39, 0.29) is 5.56 Å². The quantitative estimate of drug-likeness (QED) is 0.616. The van der Waals surface area contributed by atoms with Gasteiger partial charge in [0.2, 0.25) is 0 Å². The van der Waals surface area contributed by atoms with Gasteiger partial charge in [0.15, 0.2) is 5.88 Å². The van der Waals surface area contributed by atoms with Crippen molar-refractivity contribution < 1.29 is 19.8 Å². The highest BCUT2D eigenvalue weighted by Crippen LogP contribution is 2.24. The molecule has 2 atom stereocenters. The van der Waals surface area contributed by atoms with Gasteiger partial charge in [-0.3, -0.25) is 19.4 Å². The van der Waals surface area contributed by atoms with Crippen LogP contribution in [0, 0.1) is 5.92 Å². The van der Waals surface area contributed by atoms with Crippen LogP contribution in [-0.2, 0) is 4.79 Å². The van der Waals surface area contributed by atoms with Crippen molar-refractivity contribution >= 4 is 11.9 Å². The molecule has 1 aromatic rings. The van der Waals surface area contributed by atoms with Crippen molar-refractivity contribution in [2.45, 2.75) is 38.1 Å². The number of pyridine rings is 1. The van der Waals surface area contributed by atoms with Crippen molar-refractivity contribution in [2.75, 3.05) is 0 Å². The first kappa shape index (κ1) is 15.1. The molecule has 0 aliphatic heterocycles. The molecule has 1 aliphatic rings. The molecule has 0 saturated heterocycles. The second kappa shape index (κ2) is 6.43. The van der Waals surface area contributed by atoms with Gasteiger partial charge in [-0.05, 0) is 12.8 Å². The van der Waals surface area contributed by atoms with E-state index in [0.29, 0.717) is 12.8 Å². The van der Waals surface area contributed by atoms with Crippen LogP contribution in [0.15, 0.2) is 16.9 Å². The molecule has 0 aromatic carbocycles.